The van der Waals surface area contributed by atoms with E-state index in [-0.39, 0.29) is 5.91 Å². The van der Waals surface area contributed by atoms with E-state index in [0.29, 0.717) is 17.3 Å². The van der Waals surface area contributed by atoms with Crippen molar-refractivity contribution in [3.8, 4) is 0 Å². The normalized spacial score (nSPS) is 12.6. The minimum Gasteiger partial charge on any atom is -0.356 e. The number of hydrogen-bond donors (Lipinski definition) is 1. The predicted octanol–water partition coefficient (Wildman–Crippen LogP) is 4.54. The van der Waals surface area contributed by atoms with E-state index in [1.165, 1.54) is 6.42 Å². The van der Waals surface area contributed by atoms with E-state index in [1.807, 2.05) is 0 Å². The zero-order valence-corrected chi connectivity index (χ0v) is 13.4. The van der Waals surface area contributed by atoms with Gasteiger partial charge in [0.1, 0.15) is 0 Å². The lowest BCUT2D eigenvalue weighted by atomic mass is 9.89. The molecule has 0 aliphatic heterocycles. The molecule has 0 atom stereocenters. The summed E-state index contributed by atoms with van der Waals surface area (Å²) < 4.78 is 0. The average Bonchev–Trinajstić information content (AvgIpc) is 2.17. The van der Waals surface area contributed by atoms with Crippen LogP contribution in [0.4, 0.5) is 0 Å². The first-order valence-corrected chi connectivity index (χ1v) is 7.37. The van der Waals surface area contributed by atoms with Gasteiger partial charge in [-0.2, -0.15) is 0 Å². The lowest BCUT2D eigenvalue weighted by Crippen LogP contribution is -2.25. The topological polar surface area (TPSA) is 29.1 Å². The first-order valence-electron chi connectivity index (χ1n) is 7.37. The van der Waals surface area contributed by atoms with Crippen LogP contribution in [0.15, 0.2) is 0 Å². The highest BCUT2D eigenvalue weighted by molar-refractivity contribution is 5.75. The monoisotopic (exact) mass is 255 g/mol. The molecule has 0 rings (SSSR count). The van der Waals surface area contributed by atoms with Crippen LogP contribution in [-0.4, -0.2) is 12.5 Å². The fourth-order valence-electron chi connectivity index (χ4n) is 1.88. The summed E-state index contributed by atoms with van der Waals surface area (Å²) in [4.78, 5) is 11.6. The Morgan fingerprint density at radius 2 is 1.33 bits per heavy atom. The minimum atomic E-state index is 0.220. The molecule has 0 heterocycles. The second-order valence-corrected chi connectivity index (χ2v) is 7.78. The van der Waals surface area contributed by atoms with Gasteiger partial charge in [-0.1, -0.05) is 48.0 Å². The maximum atomic E-state index is 11.6. The zero-order chi connectivity index (χ0) is 14.2. The summed E-state index contributed by atoms with van der Waals surface area (Å²) >= 11 is 0. The van der Waals surface area contributed by atoms with Gasteiger partial charge in [0.25, 0.3) is 0 Å². The third kappa shape index (κ3) is 13.5. The molecule has 0 fully saturated rings. The molecular formula is C16H33NO. The molecule has 2 nitrogen and oxygen atoms in total. The summed E-state index contributed by atoms with van der Waals surface area (Å²) in [7, 11) is 0. The molecule has 1 amide bonds. The van der Waals surface area contributed by atoms with Crippen molar-refractivity contribution in [3.05, 3.63) is 0 Å². The molecule has 0 aromatic heterocycles. The molecular weight excluding hydrogens is 222 g/mol. The standard InChI is InChI=1S/C16H33NO/c1-15(2,3)11-8-7-10-14(18)17-13-9-12-16(4,5)6/h7-13H2,1-6H3,(H,17,18). The number of rotatable bonds is 7. The van der Waals surface area contributed by atoms with Crippen LogP contribution in [0.25, 0.3) is 0 Å². The van der Waals surface area contributed by atoms with E-state index in [9.17, 15) is 4.79 Å². The minimum absolute atomic E-state index is 0.220. The third-order valence-electron chi connectivity index (χ3n) is 3.01. The molecule has 0 saturated heterocycles. The van der Waals surface area contributed by atoms with Crippen molar-refractivity contribution in [3.63, 3.8) is 0 Å². The van der Waals surface area contributed by atoms with Gasteiger partial charge in [-0.25, -0.2) is 0 Å². The molecule has 1 N–H and O–H groups in total. The summed E-state index contributed by atoms with van der Waals surface area (Å²) in [6, 6.07) is 0. The van der Waals surface area contributed by atoms with Crippen LogP contribution in [0.2, 0.25) is 0 Å². The lowest BCUT2D eigenvalue weighted by Gasteiger charge is -2.18. The third-order valence-corrected chi connectivity index (χ3v) is 3.01. The molecule has 0 saturated carbocycles. The average molecular weight is 255 g/mol. The van der Waals surface area contributed by atoms with Gasteiger partial charge in [-0.05, 0) is 36.5 Å². The summed E-state index contributed by atoms with van der Waals surface area (Å²) in [5, 5.41) is 3.01. The van der Waals surface area contributed by atoms with Crippen molar-refractivity contribution >= 4 is 5.91 Å². The Morgan fingerprint density at radius 3 is 1.83 bits per heavy atom. The van der Waals surface area contributed by atoms with Gasteiger partial charge in [-0.3, -0.25) is 4.79 Å². The zero-order valence-electron chi connectivity index (χ0n) is 13.4. The van der Waals surface area contributed by atoms with Crippen LogP contribution >= 0.6 is 0 Å². The maximum absolute atomic E-state index is 11.6. The molecule has 108 valence electrons. The Kier molecular flexibility index (Phi) is 7.58. The van der Waals surface area contributed by atoms with Crippen molar-refractivity contribution in [2.45, 2.75) is 80.1 Å². The van der Waals surface area contributed by atoms with Gasteiger partial charge in [-0.15, -0.1) is 0 Å². The number of amides is 1. The molecule has 0 aromatic rings. The number of unbranched alkanes of at least 4 members (excludes halogenated alkanes) is 1. The second-order valence-electron chi connectivity index (χ2n) is 7.78. The number of carbonyl (C=O) groups is 1. The van der Waals surface area contributed by atoms with Gasteiger partial charge in [0.2, 0.25) is 5.91 Å². The smallest absolute Gasteiger partial charge is 0.219 e. The highest BCUT2D eigenvalue weighted by atomic mass is 16.1. The van der Waals surface area contributed by atoms with E-state index >= 15 is 0 Å². The van der Waals surface area contributed by atoms with Crippen LogP contribution in [-0.2, 0) is 4.79 Å². The number of hydrogen-bond acceptors (Lipinski definition) is 1. The molecule has 0 unspecified atom stereocenters. The Morgan fingerprint density at radius 1 is 0.833 bits per heavy atom. The van der Waals surface area contributed by atoms with Gasteiger partial charge in [0, 0.05) is 13.0 Å². The van der Waals surface area contributed by atoms with Gasteiger partial charge in [0.05, 0.1) is 0 Å². The molecule has 0 aliphatic rings. The number of nitrogens with one attached hydrogen (secondary N) is 1. The fraction of sp³-hybridized carbons (Fsp3) is 0.938. The van der Waals surface area contributed by atoms with Crippen molar-refractivity contribution in [2.75, 3.05) is 6.54 Å². The summed E-state index contributed by atoms with van der Waals surface area (Å²) in [6.45, 7) is 14.3. The van der Waals surface area contributed by atoms with E-state index in [4.69, 9.17) is 0 Å². The van der Waals surface area contributed by atoms with Crippen LogP contribution < -0.4 is 5.32 Å². The summed E-state index contributed by atoms with van der Waals surface area (Å²) in [5.41, 5.74) is 0.765. The van der Waals surface area contributed by atoms with E-state index in [2.05, 4.69) is 46.9 Å². The second kappa shape index (κ2) is 7.81. The Labute approximate surface area is 114 Å². The first-order chi connectivity index (χ1) is 8.10. The highest BCUT2D eigenvalue weighted by Gasteiger charge is 2.11. The quantitative estimate of drug-likeness (QED) is 0.665. The van der Waals surface area contributed by atoms with Crippen LogP contribution in [0.5, 0.6) is 0 Å². The van der Waals surface area contributed by atoms with Gasteiger partial charge >= 0.3 is 0 Å². The lowest BCUT2D eigenvalue weighted by molar-refractivity contribution is -0.121. The summed E-state index contributed by atoms with van der Waals surface area (Å²) in [5.74, 6) is 0.220. The predicted molar refractivity (Wildman–Crippen MR) is 79.6 cm³/mol. The van der Waals surface area contributed by atoms with Gasteiger partial charge in [0.15, 0.2) is 0 Å². The molecule has 2 heteroatoms. The SMILES string of the molecule is CC(C)(C)CCCCC(=O)NCCCC(C)(C)C. The molecule has 0 bridgehead atoms. The largest absolute Gasteiger partial charge is 0.356 e. The van der Waals surface area contributed by atoms with Crippen molar-refractivity contribution in [2.24, 2.45) is 10.8 Å². The van der Waals surface area contributed by atoms with Gasteiger partial charge < -0.3 is 5.32 Å². The van der Waals surface area contributed by atoms with Crippen molar-refractivity contribution in [1.29, 1.82) is 0 Å². The molecule has 0 aromatic carbocycles. The highest BCUT2D eigenvalue weighted by Crippen LogP contribution is 2.22. The molecule has 18 heavy (non-hydrogen) atoms. The van der Waals surface area contributed by atoms with E-state index < -0.39 is 0 Å². The van der Waals surface area contributed by atoms with E-state index in [0.717, 1.165) is 32.2 Å². The van der Waals surface area contributed by atoms with Crippen LogP contribution in [0.3, 0.4) is 0 Å². The van der Waals surface area contributed by atoms with Crippen molar-refractivity contribution < 1.29 is 4.79 Å². The molecule has 0 aliphatic carbocycles. The van der Waals surface area contributed by atoms with Crippen LogP contribution in [0.1, 0.15) is 80.1 Å². The first kappa shape index (κ1) is 17.5. The Balaban J connectivity index is 3.44. The summed E-state index contributed by atoms with van der Waals surface area (Å²) in [6.07, 6.45) is 6.30. The Hall–Kier alpha value is -0.530. The Bertz CT molecular complexity index is 208. The van der Waals surface area contributed by atoms with Crippen molar-refractivity contribution in [1.82, 2.24) is 5.32 Å². The van der Waals surface area contributed by atoms with E-state index in [1.54, 1.807) is 0 Å². The number of carbonyl (C=O) groups excluding carboxylic acids is 1. The molecule has 0 spiro atoms. The molecule has 0 radical (unpaired) electrons. The maximum Gasteiger partial charge on any atom is 0.219 e. The fourth-order valence-corrected chi connectivity index (χ4v) is 1.88. The van der Waals surface area contributed by atoms with Crippen LogP contribution in [0, 0.1) is 10.8 Å².